The summed E-state index contributed by atoms with van der Waals surface area (Å²) in [7, 11) is -3.98. The first-order valence-corrected chi connectivity index (χ1v) is 12.3. The van der Waals surface area contributed by atoms with Gasteiger partial charge in [-0.1, -0.05) is 48.5 Å². The van der Waals surface area contributed by atoms with Gasteiger partial charge < -0.3 is 10.1 Å². The normalized spacial score (nSPS) is 11.6. The van der Waals surface area contributed by atoms with Crippen LogP contribution in [0, 0.1) is 0 Å². The topological polar surface area (TPSA) is 75.7 Å². The lowest BCUT2D eigenvalue weighted by Crippen LogP contribution is -2.50. The number of nitrogens with one attached hydrogen (secondary N) is 1. The highest BCUT2D eigenvalue weighted by Crippen LogP contribution is 2.25. The molecule has 0 aliphatic rings. The highest BCUT2D eigenvalue weighted by Gasteiger charge is 2.29. The van der Waals surface area contributed by atoms with Crippen LogP contribution in [0.2, 0.25) is 0 Å². The zero-order valence-corrected chi connectivity index (χ0v) is 20.0. The van der Waals surface area contributed by atoms with Crippen LogP contribution in [-0.4, -0.2) is 33.0 Å². The van der Waals surface area contributed by atoms with E-state index in [1.54, 1.807) is 42.5 Å². The van der Waals surface area contributed by atoms with Crippen molar-refractivity contribution in [2.24, 2.45) is 0 Å². The number of amides is 1. The minimum absolute atomic E-state index is 0.0890. The first kappa shape index (κ1) is 24.3. The van der Waals surface area contributed by atoms with Gasteiger partial charge in [-0.15, -0.1) is 0 Å². The molecule has 0 unspecified atom stereocenters. The summed E-state index contributed by atoms with van der Waals surface area (Å²) in [4.78, 5) is 13.1. The van der Waals surface area contributed by atoms with Crippen molar-refractivity contribution in [1.29, 1.82) is 0 Å². The van der Waals surface area contributed by atoms with Gasteiger partial charge in [-0.25, -0.2) is 8.42 Å². The molecule has 1 amide bonds. The second-order valence-corrected chi connectivity index (χ2v) is 10.2. The van der Waals surface area contributed by atoms with Crippen LogP contribution in [0.25, 0.3) is 0 Å². The van der Waals surface area contributed by atoms with Crippen LogP contribution in [0.5, 0.6) is 5.75 Å². The second kappa shape index (κ2) is 10.5. The van der Waals surface area contributed by atoms with E-state index in [2.05, 4.69) is 5.32 Å². The van der Waals surface area contributed by atoms with Crippen molar-refractivity contribution in [3.05, 3.63) is 90.5 Å². The van der Waals surface area contributed by atoms with Gasteiger partial charge in [-0.05, 0) is 69.2 Å². The van der Waals surface area contributed by atoms with E-state index in [9.17, 15) is 13.2 Å². The van der Waals surface area contributed by atoms with Crippen molar-refractivity contribution in [3.8, 4) is 5.75 Å². The Kier molecular flexibility index (Phi) is 7.76. The molecule has 1 N–H and O–H groups in total. The third-order valence-corrected chi connectivity index (χ3v) is 6.81. The molecule has 0 saturated heterocycles. The number of carbonyl (C=O) groups is 1. The molecule has 0 bridgehead atoms. The lowest BCUT2D eigenvalue weighted by Gasteiger charge is -2.29. The molecule has 0 aromatic heterocycles. The van der Waals surface area contributed by atoms with E-state index < -0.39 is 15.6 Å². The molecule has 0 heterocycles. The quantitative estimate of drug-likeness (QED) is 0.480. The van der Waals surface area contributed by atoms with Crippen molar-refractivity contribution in [1.82, 2.24) is 5.32 Å². The maximum absolute atomic E-state index is 13.5. The number of ether oxygens (including phenoxy) is 1. The Bertz CT molecular complexity index is 1150. The summed E-state index contributed by atoms with van der Waals surface area (Å²) < 4.78 is 33.5. The molecule has 0 aliphatic heterocycles. The van der Waals surface area contributed by atoms with Gasteiger partial charge in [-0.2, -0.15) is 0 Å². The van der Waals surface area contributed by atoms with Crippen molar-refractivity contribution in [2.75, 3.05) is 17.5 Å². The van der Waals surface area contributed by atoms with Crippen LogP contribution in [0.3, 0.4) is 0 Å². The van der Waals surface area contributed by atoms with Gasteiger partial charge in [0.1, 0.15) is 12.3 Å². The SMILES string of the molecule is CCOc1ccc(S(=O)(=O)N(CC(=O)NC(C)(C)Cc2ccccc2)c2ccccc2)cc1. The molecule has 0 saturated carbocycles. The van der Waals surface area contributed by atoms with Gasteiger partial charge in [-0.3, -0.25) is 9.10 Å². The third-order valence-electron chi connectivity index (χ3n) is 5.02. The molecule has 0 spiro atoms. The average molecular weight is 467 g/mol. The number of hydrogen-bond donors (Lipinski definition) is 1. The van der Waals surface area contributed by atoms with Gasteiger partial charge in [0.15, 0.2) is 0 Å². The lowest BCUT2D eigenvalue weighted by atomic mass is 9.95. The number of nitrogens with zero attached hydrogens (tertiary/aromatic N) is 1. The second-order valence-electron chi connectivity index (χ2n) is 8.35. The molecule has 0 aliphatic carbocycles. The van der Waals surface area contributed by atoms with E-state index in [1.807, 2.05) is 51.1 Å². The molecule has 7 heteroatoms. The summed E-state index contributed by atoms with van der Waals surface area (Å²) in [5.74, 6) is 0.206. The zero-order chi connectivity index (χ0) is 23.9. The zero-order valence-electron chi connectivity index (χ0n) is 19.2. The van der Waals surface area contributed by atoms with E-state index in [0.29, 0.717) is 24.5 Å². The molecule has 174 valence electrons. The fourth-order valence-electron chi connectivity index (χ4n) is 3.61. The number of hydrogen-bond acceptors (Lipinski definition) is 4. The van der Waals surface area contributed by atoms with Gasteiger partial charge in [0.25, 0.3) is 10.0 Å². The minimum Gasteiger partial charge on any atom is -0.494 e. The summed E-state index contributed by atoms with van der Waals surface area (Å²) in [5.41, 5.74) is 0.955. The molecular weight excluding hydrogens is 436 g/mol. The Balaban J connectivity index is 1.83. The molecule has 0 fully saturated rings. The Hall–Kier alpha value is -3.32. The van der Waals surface area contributed by atoms with Gasteiger partial charge in [0.2, 0.25) is 5.91 Å². The summed E-state index contributed by atoms with van der Waals surface area (Å²) in [6.07, 6.45) is 0.622. The van der Waals surface area contributed by atoms with Crippen LogP contribution >= 0.6 is 0 Å². The van der Waals surface area contributed by atoms with Crippen molar-refractivity contribution in [3.63, 3.8) is 0 Å². The van der Waals surface area contributed by atoms with E-state index in [0.717, 1.165) is 9.87 Å². The average Bonchev–Trinajstić information content (AvgIpc) is 2.78. The lowest BCUT2D eigenvalue weighted by molar-refractivity contribution is -0.121. The van der Waals surface area contributed by atoms with Crippen LogP contribution in [0.15, 0.2) is 89.8 Å². The van der Waals surface area contributed by atoms with Crippen LogP contribution < -0.4 is 14.4 Å². The van der Waals surface area contributed by atoms with E-state index in [1.165, 1.54) is 12.1 Å². The van der Waals surface area contributed by atoms with E-state index in [-0.39, 0.29) is 17.3 Å². The standard InChI is InChI=1S/C26H30N2O4S/c1-4-32-23-15-17-24(18-16-23)33(30,31)28(22-13-9-6-10-14-22)20-25(29)27-26(2,3)19-21-11-7-5-8-12-21/h5-18H,4,19-20H2,1-3H3,(H,27,29). The number of carbonyl (C=O) groups excluding carboxylic acids is 1. The number of para-hydroxylation sites is 1. The molecule has 3 aromatic carbocycles. The van der Waals surface area contributed by atoms with Gasteiger partial charge in [0.05, 0.1) is 17.2 Å². The maximum atomic E-state index is 13.5. The molecule has 6 nitrogen and oxygen atoms in total. The molecule has 0 radical (unpaired) electrons. The number of benzene rings is 3. The van der Waals surface area contributed by atoms with Crippen molar-refractivity contribution >= 4 is 21.6 Å². The monoisotopic (exact) mass is 466 g/mol. The van der Waals surface area contributed by atoms with Gasteiger partial charge >= 0.3 is 0 Å². The molecular formula is C26H30N2O4S. The van der Waals surface area contributed by atoms with Gasteiger partial charge in [0, 0.05) is 5.54 Å². The van der Waals surface area contributed by atoms with E-state index in [4.69, 9.17) is 4.74 Å². The van der Waals surface area contributed by atoms with E-state index >= 15 is 0 Å². The minimum atomic E-state index is -3.98. The fraction of sp³-hybridized carbons (Fsp3) is 0.269. The first-order valence-electron chi connectivity index (χ1n) is 10.9. The molecule has 33 heavy (non-hydrogen) atoms. The number of rotatable bonds is 10. The van der Waals surface area contributed by atoms with Crippen molar-refractivity contribution < 1.29 is 17.9 Å². The van der Waals surface area contributed by atoms with Crippen LogP contribution in [0.4, 0.5) is 5.69 Å². The predicted molar refractivity (Wildman–Crippen MR) is 131 cm³/mol. The fourth-order valence-corrected chi connectivity index (χ4v) is 5.03. The summed E-state index contributed by atoms with van der Waals surface area (Å²) >= 11 is 0. The number of anilines is 1. The molecule has 3 rings (SSSR count). The third kappa shape index (κ3) is 6.58. The van der Waals surface area contributed by atoms with Crippen LogP contribution in [0.1, 0.15) is 26.3 Å². The maximum Gasteiger partial charge on any atom is 0.264 e. The molecule has 3 aromatic rings. The van der Waals surface area contributed by atoms with Crippen molar-refractivity contribution in [2.45, 2.75) is 37.6 Å². The summed E-state index contributed by atoms with van der Waals surface area (Å²) in [6.45, 7) is 5.86. The number of sulfonamides is 1. The Labute approximate surface area is 196 Å². The smallest absolute Gasteiger partial charge is 0.264 e. The largest absolute Gasteiger partial charge is 0.494 e. The predicted octanol–water partition coefficient (Wildman–Crippen LogP) is 4.42. The highest BCUT2D eigenvalue weighted by atomic mass is 32.2. The first-order chi connectivity index (χ1) is 15.7. The highest BCUT2D eigenvalue weighted by molar-refractivity contribution is 7.92. The Morgan fingerprint density at radius 2 is 1.48 bits per heavy atom. The summed E-state index contributed by atoms with van der Waals surface area (Å²) in [6, 6.07) is 24.7. The Morgan fingerprint density at radius 3 is 2.06 bits per heavy atom. The Morgan fingerprint density at radius 1 is 0.909 bits per heavy atom. The van der Waals surface area contributed by atoms with Crippen LogP contribution in [-0.2, 0) is 21.2 Å². The summed E-state index contributed by atoms with van der Waals surface area (Å²) in [5, 5.41) is 2.99. The molecule has 0 atom stereocenters.